The van der Waals surface area contributed by atoms with Crippen LogP contribution < -0.4 is 0 Å². The molecule has 0 atom stereocenters. The molecule has 0 saturated carbocycles. The molecule has 90 valence electrons. The van der Waals surface area contributed by atoms with Crippen molar-refractivity contribution in [3.8, 4) is 5.69 Å². The summed E-state index contributed by atoms with van der Waals surface area (Å²) in [5.41, 5.74) is 1.89. The highest BCUT2D eigenvalue weighted by atomic mass is 35.5. The monoisotopic (exact) mass is 290 g/mol. The van der Waals surface area contributed by atoms with Crippen molar-refractivity contribution in [2.45, 2.75) is 13.5 Å². The maximum atomic E-state index is 9.18. The average Bonchev–Trinajstić information content (AvgIpc) is 2.54. The van der Waals surface area contributed by atoms with E-state index in [-0.39, 0.29) is 6.61 Å². The highest BCUT2D eigenvalue weighted by molar-refractivity contribution is 6.36. The van der Waals surface area contributed by atoms with Crippen LogP contribution in [0.5, 0.6) is 0 Å². The van der Waals surface area contributed by atoms with Gasteiger partial charge < -0.3 is 5.11 Å². The predicted molar refractivity (Wildman–Crippen MR) is 69.3 cm³/mol. The second-order valence-electron chi connectivity index (χ2n) is 3.52. The number of hydrogen-bond donors (Lipinski definition) is 1. The van der Waals surface area contributed by atoms with Gasteiger partial charge >= 0.3 is 0 Å². The van der Waals surface area contributed by atoms with Crippen molar-refractivity contribution in [1.82, 2.24) is 9.78 Å². The minimum Gasteiger partial charge on any atom is -0.391 e. The van der Waals surface area contributed by atoms with Crippen molar-refractivity contribution in [2.24, 2.45) is 0 Å². The summed E-state index contributed by atoms with van der Waals surface area (Å²) in [6.07, 6.45) is 0. The number of aryl methyl sites for hydroxylation is 1. The van der Waals surface area contributed by atoms with E-state index in [0.29, 0.717) is 32.1 Å². The smallest absolute Gasteiger partial charge is 0.138 e. The van der Waals surface area contributed by atoms with Crippen LogP contribution in [0.4, 0.5) is 0 Å². The van der Waals surface area contributed by atoms with Crippen molar-refractivity contribution in [3.63, 3.8) is 0 Å². The van der Waals surface area contributed by atoms with Gasteiger partial charge in [0.2, 0.25) is 0 Å². The van der Waals surface area contributed by atoms with Crippen molar-refractivity contribution in [3.05, 3.63) is 44.7 Å². The maximum Gasteiger partial charge on any atom is 0.138 e. The lowest BCUT2D eigenvalue weighted by molar-refractivity contribution is 0.281. The van der Waals surface area contributed by atoms with Gasteiger partial charge in [-0.2, -0.15) is 5.10 Å². The number of halogens is 3. The van der Waals surface area contributed by atoms with Gasteiger partial charge in [0, 0.05) is 10.6 Å². The average molecular weight is 292 g/mol. The molecule has 0 aliphatic carbocycles. The Kier molecular flexibility index (Phi) is 3.64. The Morgan fingerprint density at radius 1 is 1.29 bits per heavy atom. The quantitative estimate of drug-likeness (QED) is 0.917. The number of benzene rings is 1. The lowest BCUT2D eigenvalue weighted by atomic mass is 10.3. The van der Waals surface area contributed by atoms with Crippen molar-refractivity contribution >= 4 is 34.8 Å². The Balaban J connectivity index is 2.61. The molecule has 0 aliphatic heterocycles. The molecule has 0 aliphatic rings. The van der Waals surface area contributed by atoms with Crippen LogP contribution in [-0.2, 0) is 6.61 Å². The maximum absolute atomic E-state index is 9.18. The third kappa shape index (κ3) is 2.29. The zero-order valence-electron chi connectivity index (χ0n) is 8.91. The molecular weight excluding hydrogens is 282 g/mol. The normalized spacial score (nSPS) is 10.9. The molecule has 2 aromatic rings. The molecular formula is C11H9Cl3N2O. The van der Waals surface area contributed by atoms with Gasteiger partial charge in [0.05, 0.1) is 23.0 Å². The van der Waals surface area contributed by atoms with Crippen LogP contribution in [0, 0.1) is 6.92 Å². The number of aromatic nitrogens is 2. The van der Waals surface area contributed by atoms with E-state index >= 15 is 0 Å². The topological polar surface area (TPSA) is 38.0 Å². The summed E-state index contributed by atoms with van der Waals surface area (Å²) in [4.78, 5) is 0. The molecule has 0 unspecified atom stereocenters. The standard InChI is InChI=1S/C11H9Cl3N2O/c1-6-8(5-17)11(14)16(15-6)10-3-2-7(12)4-9(10)13/h2-4,17H,5H2,1H3. The Hall–Kier alpha value is -0.740. The lowest BCUT2D eigenvalue weighted by Crippen LogP contribution is -1.97. The van der Waals surface area contributed by atoms with Crippen molar-refractivity contribution < 1.29 is 5.11 Å². The first-order valence-electron chi connectivity index (χ1n) is 4.85. The van der Waals surface area contributed by atoms with E-state index in [1.807, 2.05) is 0 Å². The van der Waals surface area contributed by atoms with E-state index in [4.69, 9.17) is 34.8 Å². The molecule has 0 fully saturated rings. The summed E-state index contributed by atoms with van der Waals surface area (Å²) < 4.78 is 1.49. The van der Waals surface area contributed by atoms with Crippen LogP contribution in [0.3, 0.4) is 0 Å². The SMILES string of the molecule is Cc1nn(-c2ccc(Cl)cc2Cl)c(Cl)c1CO. The van der Waals surface area contributed by atoms with Crippen LogP contribution >= 0.6 is 34.8 Å². The second kappa shape index (κ2) is 4.86. The highest BCUT2D eigenvalue weighted by Gasteiger charge is 2.15. The minimum atomic E-state index is -0.157. The van der Waals surface area contributed by atoms with E-state index in [9.17, 15) is 5.11 Å². The zero-order chi connectivity index (χ0) is 12.6. The minimum absolute atomic E-state index is 0.157. The van der Waals surface area contributed by atoms with Gasteiger partial charge in [-0.1, -0.05) is 34.8 Å². The number of rotatable bonds is 2. The van der Waals surface area contributed by atoms with Crippen LogP contribution in [-0.4, -0.2) is 14.9 Å². The molecule has 1 aromatic heterocycles. The molecule has 6 heteroatoms. The fourth-order valence-corrected chi connectivity index (χ4v) is 2.34. The Labute approximate surface area is 114 Å². The van der Waals surface area contributed by atoms with Crippen molar-refractivity contribution in [2.75, 3.05) is 0 Å². The molecule has 0 spiro atoms. The number of aliphatic hydroxyl groups excluding tert-OH is 1. The van der Waals surface area contributed by atoms with Gasteiger partial charge in [-0.3, -0.25) is 0 Å². The third-order valence-corrected chi connectivity index (χ3v) is 3.34. The molecule has 3 nitrogen and oxygen atoms in total. The first-order chi connectivity index (χ1) is 8.04. The highest BCUT2D eigenvalue weighted by Crippen LogP contribution is 2.29. The van der Waals surface area contributed by atoms with Crippen LogP contribution in [0.25, 0.3) is 5.69 Å². The molecule has 0 bridgehead atoms. The predicted octanol–water partition coefficient (Wildman–Crippen LogP) is 3.63. The van der Waals surface area contributed by atoms with Crippen molar-refractivity contribution in [1.29, 1.82) is 0 Å². The summed E-state index contributed by atoms with van der Waals surface area (Å²) in [5.74, 6) is 0. The summed E-state index contributed by atoms with van der Waals surface area (Å²) in [6.45, 7) is 1.62. The first-order valence-corrected chi connectivity index (χ1v) is 5.98. The molecule has 2 rings (SSSR count). The number of hydrogen-bond acceptors (Lipinski definition) is 2. The van der Waals surface area contributed by atoms with Crippen LogP contribution in [0.1, 0.15) is 11.3 Å². The van der Waals surface area contributed by atoms with E-state index in [1.165, 1.54) is 4.68 Å². The van der Waals surface area contributed by atoms with Gasteiger partial charge in [-0.05, 0) is 25.1 Å². The Morgan fingerprint density at radius 3 is 2.53 bits per heavy atom. The first kappa shape index (κ1) is 12.7. The molecule has 1 N–H and O–H groups in total. The molecule has 1 aromatic carbocycles. The van der Waals surface area contributed by atoms with E-state index < -0.39 is 0 Å². The Morgan fingerprint density at radius 2 is 2.00 bits per heavy atom. The van der Waals surface area contributed by atoms with E-state index in [1.54, 1.807) is 25.1 Å². The number of nitrogens with zero attached hydrogens (tertiary/aromatic N) is 2. The van der Waals surface area contributed by atoms with E-state index in [0.717, 1.165) is 0 Å². The summed E-state index contributed by atoms with van der Waals surface area (Å²) in [7, 11) is 0. The van der Waals surface area contributed by atoms with Gasteiger partial charge in [-0.15, -0.1) is 0 Å². The molecule has 0 amide bonds. The zero-order valence-corrected chi connectivity index (χ0v) is 11.2. The fraction of sp³-hybridized carbons (Fsp3) is 0.182. The van der Waals surface area contributed by atoms with Gasteiger partial charge in [-0.25, -0.2) is 4.68 Å². The summed E-state index contributed by atoms with van der Waals surface area (Å²) in [5, 5.41) is 14.8. The molecule has 1 heterocycles. The van der Waals surface area contributed by atoms with Crippen LogP contribution in [0.15, 0.2) is 18.2 Å². The third-order valence-electron chi connectivity index (χ3n) is 2.42. The van der Waals surface area contributed by atoms with E-state index in [2.05, 4.69) is 5.10 Å². The summed E-state index contributed by atoms with van der Waals surface area (Å²) in [6, 6.07) is 5.04. The van der Waals surface area contributed by atoms with Crippen LogP contribution in [0.2, 0.25) is 15.2 Å². The van der Waals surface area contributed by atoms with Gasteiger partial charge in [0.15, 0.2) is 0 Å². The van der Waals surface area contributed by atoms with Gasteiger partial charge in [0.25, 0.3) is 0 Å². The summed E-state index contributed by atoms with van der Waals surface area (Å²) >= 11 is 18.0. The molecule has 0 saturated heterocycles. The molecule has 0 radical (unpaired) electrons. The number of aliphatic hydroxyl groups is 1. The fourth-order valence-electron chi connectivity index (χ4n) is 1.52. The molecule has 17 heavy (non-hydrogen) atoms. The second-order valence-corrected chi connectivity index (χ2v) is 4.72. The Bertz CT molecular complexity index is 566. The largest absolute Gasteiger partial charge is 0.391 e. The lowest BCUT2D eigenvalue weighted by Gasteiger charge is -2.06. The van der Waals surface area contributed by atoms with Gasteiger partial charge in [0.1, 0.15) is 5.15 Å².